The standard InChI is InChI=1S/C13H24N4O2/c1-10(18)9-14-5-6-15-11-12(19)17(8-7-16-11)13(2,3)4/h7-8,10,14,18H,5-6,9H2,1-4H3,(H,15,16). The summed E-state index contributed by atoms with van der Waals surface area (Å²) in [4.78, 5) is 16.2. The van der Waals surface area contributed by atoms with Gasteiger partial charge in [-0.25, -0.2) is 4.98 Å². The minimum Gasteiger partial charge on any atom is -0.392 e. The number of aliphatic hydroxyl groups excluding tert-OH is 1. The van der Waals surface area contributed by atoms with Crippen molar-refractivity contribution in [3.63, 3.8) is 0 Å². The zero-order chi connectivity index (χ0) is 14.5. The second-order valence-electron chi connectivity index (χ2n) is 5.60. The van der Waals surface area contributed by atoms with Gasteiger partial charge in [0, 0.05) is 37.6 Å². The molecule has 0 bridgehead atoms. The van der Waals surface area contributed by atoms with Gasteiger partial charge in [-0.1, -0.05) is 0 Å². The van der Waals surface area contributed by atoms with E-state index in [1.807, 2.05) is 20.8 Å². The van der Waals surface area contributed by atoms with Gasteiger partial charge in [0.05, 0.1) is 6.10 Å². The Morgan fingerprint density at radius 2 is 2.11 bits per heavy atom. The van der Waals surface area contributed by atoms with Gasteiger partial charge in [-0.05, 0) is 27.7 Å². The zero-order valence-electron chi connectivity index (χ0n) is 12.1. The minimum atomic E-state index is -0.368. The first-order valence-electron chi connectivity index (χ1n) is 6.53. The van der Waals surface area contributed by atoms with Gasteiger partial charge in [-0.15, -0.1) is 0 Å². The molecule has 1 aromatic heterocycles. The fourth-order valence-electron chi connectivity index (χ4n) is 1.64. The maximum absolute atomic E-state index is 12.2. The molecule has 0 saturated carbocycles. The summed E-state index contributed by atoms with van der Waals surface area (Å²) in [6, 6.07) is 0. The van der Waals surface area contributed by atoms with Crippen LogP contribution in [0.2, 0.25) is 0 Å². The van der Waals surface area contributed by atoms with Crippen LogP contribution in [-0.2, 0) is 5.54 Å². The van der Waals surface area contributed by atoms with Crippen molar-refractivity contribution in [1.29, 1.82) is 0 Å². The minimum absolute atomic E-state index is 0.120. The Morgan fingerprint density at radius 1 is 1.42 bits per heavy atom. The Labute approximate surface area is 113 Å². The Morgan fingerprint density at radius 3 is 2.68 bits per heavy atom. The fourth-order valence-corrected chi connectivity index (χ4v) is 1.64. The Kier molecular flexibility index (Phi) is 5.50. The summed E-state index contributed by atoms with van der Waals surface area (Å²) in [6.07, 6.45) is 2.95. The van der Waals surface area contributed by atoms with Crippen LogP contribution >= 0.6 is 0 Å². The molecule has 0 radical (unpaired) electrons. The van der Waals surface area contributed by atoms with Crippen LogP contribution in [0, 0.1) is 0 Å². The summed E-state index contributed by atoms with van der Waals surface area (Å²) in [7, 11) is 0. The molecule has 1 heterocycles. The molecular formula is C13H24N4O2. The van der Waals surface area contributed by atoms with E-state index in [1.165, 1.54) is 0 Å². The van der Waals surface area contributed by atoms with Gasteiger partial charge < -0.3 is 20.3 Å². The van der Waals surface area contributed by atoms with E-state index in [1.54, 1.807) is 23.9 Å². The smallest absolute Gasteiger partial charge is 0.293 e. The van der Waals surface area contributed by atoms with Gasteiger partial charge in [0.25, 0.3) is 5.56 Å². The summed E-state index contributed by atoms with van der Waals surface area (Å²) >= 11 is 0. The maximum atomic E-state index is 12.2. The van der Waals surface area contributed by atoms with Crippen molar-refractivity contribution in [2.24, 2.45) is 0 Å². The van der Waals surface area contributed by atoms with E-state index in [2.05, 4.69) is 15.6 Å². The largest absolute Gasteiger partial charge is 0.392 e. The predicted molar refractivity (Wildman–Crippen MR) is 76.5 cm³/mol. The van der Waals surface area contributed by atoms with Crippen LogP contribution in [-0.4, -0.2) is 40.4 Å². The van der Waals surface area contributed by atoms with Gasteiger partial charge in [0.15, 0.2) is 5.82 Å². The molecular weight excluding hydrogens is 244 g/mol. The molecule has 0 amide bonds. The van der Waals surface area contributed by atoms with Crippen LogP contribution in [0.4, 0.5) is 5.82 Å². The number of aliphatic hydroxyl groups is 1. The molecule has 0 aromatic carbocycles. The van der Waals surface area contributed by atoms with E-state index in [0.29, 0.717) is 25.5 Å². The molecule has 0 saturated heterocycles. The number of nitrogens with one attached hydrogen (secondary N) is 2. The summed E-state index contributed by atoms with van der Waals surface area (Å²) in [6.45, 7) is 9.43. The topological polar surface area (TPSA) is 79.2 Å². The first-order chi connectivity index (χ1) is 8.82. The summed E-state index contributed by atoms with van der Waals surface area (Å²) in [5, 5.41) is 15.2. The average Bonchev–Trinajstić information content (AvgIpc) is 2.28. The molecule has 0 aliphatic carbocycles. The van der Waals surface area contributed by atoms with Crippen molar-refractivity contribution in [3.8, 4) is 0 Å². The highest BCUT2D eigenvalue weighted by atomic mass is 16.3. The lowest BCUT2D eigenvalue weighted by molar-refractivity contribution is 0.192. The average molecular weight is 268 g/mol. The van der Waals surface area contributed by atoms with Crippen LogP contribution in [0.1, 0.15) is 27.7 Å². The molecule has 0 aliphatic rings. The van der Waals surface area contributed by atoms with Crippen molar-refractivity contribution in [2.75, 3.05) is 25.0 Å². The molecule has 0 aliphatic heterocycles. The monoisotopic (exact) mass is 268 g/mol. The number of aromatic nitrogens is 2. The van der Waals surface area contributed by atoms with E-state index in [9.17, 15) is 4.79 Å². The lowest BCUT2D eigenvalue weighted by Gasteiger charge is -2.22. The SMILES string of the molecule is CC(O)CNCCNc1nccn(C(C)(C)C)c1=O. The van der Waals surface area contributed by atoms with Crippen molar-refractivity contribution >= 4 is 5.82 Å². The van der Waals surface area contributed by atoms with Crippen molar-refractivity contribution in [1.82, 2.24) is 14.9 Å². The van der Waals surface area contributed by atoms with Gasteiger partial charge in [0.1, 0.15) is 0 Å². The van der Waals surface area contributed by atoms with Crippen LogP contribution < -0.4 is 16.2 Å². The van der Waals surface area contributed by atoms with Gasteiger partial charge in [-0.2, -0.15) is 0 Å². The van der Waals surface area contributed by atoms with Crippen LogP contribution in [0.3, 0.4) is 0 Å². The normalized spacial score (nSPS) is 13.3. The molecule has 6 heteroatoms. The third kappa shape index (κ3) is 5.00. The Balaban J connectivity index is 2.58. The zero-order valence-corrected chi connectivity index (χ0v) is 12.1. The number of anilines is 1. The number of hydrogen-bond donors (Lipinski definition) is 3. The molecule has 0 fully saturated rings. The molecule has 0 spiro atoms. The Bertz CT molecular complexity index is 449. The number of hydrogen-bond acceptors (Lipinski definition) is 5. The van der Waals surface area contributed by atoms with Crippen LogP contribution in [0.15, 0.2) is 17.2 Å². The molecule has 1 unspecified atom stereocenters. The van der Waals surface area contributed by atoms with Crippen LogP contribution in [0.5, 0.6) is 0 Å². The highest BCUT2D eigenvalue weighted by Crippen LogP contribution is 2.10. The molecule has 108 valence electrons. The van der Waals surface area contributed by atoms with Gasteiger partial charge >= 0.3 is 0 Å². The van der Waals surface area contributed by atoms with Crippen molar-refractivity contribution in [2.45, 2.75) is 39.3 Å². The molecule has 19 heavy (non-hydrogen) atoms. The molecule has 3 N–H and O–H groups in total. The van der Waals surface area contributed by atoms with Crippen molar-refractivity contribution in [3.05, 3.63) is 22.7 Å². The van der Waals surface area contributed by atoms with E-state index in [-0.39, 0.29) is 17.2 Å². The summed E-state index contributed by atoms with van der Waals surface area (Å²) < 4.78 is 1.66. The summed E-state index contributed by atoms with van der Waals surface area (Å²) in [5.41, 5.74) is -0.383. The molecule has 1 rings (SSSR count). The fraction of sp³-hybridized carbons (Fsp3) is 0.692. The lowest BCUT2D eigenvalue weighted by atomic mass is 10.1. The maximum Gasteiger partial charge on any atom is 0.293 e. The van der Waals surface area contributed by atoms with Crippen molar-refractivity contribution < 1.29 is 5.11 Å². The van der Waals surface area contributed by atoms with E-state index in [4.69, 9.17) is 5.11 Å². The first-order valence-corrected chi connectivity index (χ1v) is 6.53. The summed E-state index contributed by atoms with van der Waals surface area (Å²) in [5.74, 6) is 0.358. The Hall–Kier alpha value is -1.40. The molecule has 1 atom stereocenters. The second kappa shape index (κ2) is 6.68. The number of rotatable bonds is 6. The predicted octanol–water partition coefficient (Wildman–Crippen LogP) is 0.381. The second-order valence-corrected chi connectivity index (χ2v) is 5.60. The number of nitrogens with zero attached hydrogens (tertiary/aromatic N) is 2. The van der Waals surface area contributed by atoms with Gasteiger partial charge in [-0.3, -0.25) is 4.79 Å². The van der Waals surface area contributed by atoms with Gasteiger partial charge in [0.2, 0.25) is 0 Å². The lowest BCUT2D eigenvalue weighted by Crippen LogP contribution is -2.36. The molecule has 6 nitrogen and oxygen atoms in total. The van der Waals surface area contributed by atoms with Crippen LogP contribution in [0.25, 0.3) is 0 Å². The van der Waals surface area contributed by atoms with E-state index in [0.717, 1.165) is 0 Å². The third-order valence-electron chi connectivity index (χ3n) is 2.60. The van der Waals surface area contributed by atoms with E-state index >= 15 is 0 Å². The first kappa shape index (κ1) is 15.7. The quantitative estimate of drug-likeness (QED) is 0.650. The highest BCUT2D eigenvalue weighted by molar-refractivity contribution is 5.31. The highest BCUT2D eigenvalue weighted by Gasteiger charge is 2.16. The third-order valence-corrected chi connectivity index (χ3v) is 2.60. The van der Waals surface area contributed by atoms with E-state index < -0.39 is 0 Å². The molecule has 1 aromatic rings.